The predicted molar refractivity (Wildman–Crippen MR) is 88.5 cm³/mol. The molecule has 0 spiro atoms. The highest BCUT2D eigenvalue weighted by atomic mass is 35.5. The van der Waals surface area contributed by atoms with Gasteiger partial charge in [0.25, 0.3) is 0 Å². The maximum Gasteiger partial charge on any atom is 0.0444 e. The zero-order valence-corrected chi connectivity index (χ0v) is 13.0. The Bertz CT molecular complexity index is 582. The first-order valence-corrected chi connectivity index (χ1v) is 8.31. The van der Waals surface area contributed by atoms with Crippen molar-refractivity contribution in [3.05, 3.63) is 70.2 Å². The number of fused-ring (bicyclic) bond motifs is 1. The van der Waals surface area contributed by atoms with E-state index in [1.54, 1.807) is 0 Å². The Morgan fingerprint density at radius 2 is 1.90 bits per heavy atom. The molecule has 1 nitrogen and oxygen atoms in total. The maximum absolute atomic E-state index is 5.93. The molecule has 104 valence electrons. The van der Waals surface area contributed by atoms with Gasteiger partial charge in [-0.1, -0.05) is 48.0 Å². The van der Waals surface area contributed by atoms with Crippen LogP contribution in [0.3, 0.4) is 0 Å². The Morgan fingerprint density at radius 1 is 1.15 bits per heavy atom. The smallest absolute Gasteiger partial charge is 0.0444 e. The van der Waals surface area contributed by atoms with Gasteiger partial charge in [-0.3, -0.25) is 0 Å². The predicted octanol–water partition coefficient (Wildman–Crippen LogP) is 4.46. The van der Waals surface area contributed by atoms with Gasteiger partial charge in [-0.15, -0.1) is 0 Å². The van der Waals surface area contributed by atoms with Crippen LogP contribution < -0.4 is 5.32 Å². The second-order valence-corrected chi connectivity index (χ2v) is 6.81. The van der Waals surface area contributed by atoms with Crippen LogP contribution in [0.15, 0.2) is 48.5 Å². The molecule has 20 heavy (non-hydrogen) atoms. The Labute approximate surface area is 129 Å². The first kappa shape index (κ1) is 14.0. The largest absolute Gasteiger partial charge is 0.312 e. The van der Waals surface area contributed by atoms with Crippen LogP contribution in [0.5, 0.6) is 0 Å². The summed E-state index contributed by atoms with van der Waals surface area (Å²) in [7, 11) is 2.06. The van der Waals surface area contributed by atoms with E-state index in [2.05, 4.69) is 48.8 Å². The van der Waals surface area contributed by atoms with Gasteiger partial charge < -0.3 is 5.32 Å². The normalized spacial score (nSPS) is 20.9. The van der Waals surface area contributed by atoms with Gasteiger partial charge in [0.05, 0.1) is 0 Å². The van der Waals surface area contributed by atoms with Gasteiger partial charge >= 0.3 is 0 Å². The third-order valence-electron chi connectivity index (χ3n) is 3.87. The summed E-state index contributed by atoms with van der Waals surface area (Å²) in [5.74, 6) is 1.04. The van der Waals surface area contributed by atoms with Crippen molar-refractivity contribution in [1.82, 2.24) is 5.32 Å². The number of nitrogens with one attached hydrogen (secondary N) is 1. The van der Waals surface area contributed by atoms with Crippen LogP contribution in [0, 0.1) is 0 Å². The fourth-order valence-electron chi connectivity index (χ4n) is 2.84. The topological polar surface area (TPSA) is 12.0 Å². The SMILES string of the molecule is CNC1c2ccccc2CC1SCc1ccc(Cl)cc1. The second kappa shape index (κ2) is 6.21. The number of hydrogen-bond acceptors (Lipinski definition) is 2. The molecule has 0 saturated carbocycles. The van der Waals surface area contributed by atoms with Crippen molar-refractivity contribution in [3.63, 3.8) is 0 Å². The molecule has 1 N–H and O–H groups in total. The van der Waals surface area contributed by atoms with E-state index in [1.165, 1.54) is 16.7 Å². The minimum atomic E-state index is 0.462. The summed E-state index contributed by atoms with van der Waals surface area (Å²) < 4.78 is 0. The summed E-state index contributed by atoms with van der Waals surface area (Å²) >= 11 is 7.96. The van der Waals surface area contributed by atoms with Gasteiger partial charge in [-0.25, -0.2) is 0 Å². The van der Waals surface area contributed by atoms with Crippen molar-refractivity contribution in [2.24, 2.45) is 0 Å². The van der Waals surface area contributed by atoms with Gasteiger partial charge in [0, 0.05) is 22.1 Å². The highest BCUT2D eigenvalue weighted by molar-refractivity contribution is 7.99. The molecular formula is C17H18ClNS. The Balaban J connectivity index is 1.68. The average molecular weight is 304 g/mol. The molecule has 3 rings (SSSR count). The molecule has 0 bridgehead atoms. The number of hydrogen-bond donors (Lipinski definition) is 1. The van der Waals surface area contributed by atoms with Crippen LogP contribution in [0.2, 0.25) is 5.02 Å². The molecular weight excluding hydrogens is 286 g/mol. The van der Waals surface area contributed by atoms with Crippen molar-refractivity contribution in [3.8, 4) is 0 Å². The molecule has 1 aliphatic carbocycles. The van der Waals surface area contributed by atoms with E-state index in [1.807, 2.05) is 23.9 Å². The van der Waals surface area contributed by atoms with E-state index in [4.69, 9.17) is 11.6 Å². The molecule has 0 heterocycles. The first-order chi connectivity index (χ1) is 9.78. The molecule has 0 saturated heterocycles. The second-order valence-electron chi connectivity index (χ2n) is 5.15. The van der Waals surface area contributed by atoms with Crippen LogP contribution >= 0.6 is 23.4 Å². The van der Waals surface area contributed by atoms with Crippen molar-refractivity contribution < 1.29 is 0 Å². The fraction of sp³-hybridized carbons (Fsp3) is 0.294. The molecule has 0 aliphatic heterocycles. The standard InChI is InChI=1S/C17H18ClNS/c1-19-17-15-5-3-2-4-13(15)10-16(17)20-11-12-6-8-14(18)9-7-12/h2-9,16-17,19H,10-11H2,1H3. The summed E-state index contributed by atoms with van der Waals surface area (Å²) in [6, 6.07) is 17.4. The maximum atomic E-state index is 5.93. The summed E-state index contributed by atoms with van der Waals surface area (Å²) in [5, 5.41) is 4.88. The lowest BCUT2D eigenvalue weighted by Gasteiger charge is -2.19. The van der Waals surface area contributed by atoms with Crippen LogP contribution in [0.1, 0.15) is 22.7 Å². The average Bonchev–Trinajstić information content (AvgIpc) is 2.84. The Morgan fingerprint density at radius 3 is 2.65 bits per heavy atom. The molecule has 2 atom stereocenters. The van der Waals surface area contributed by atoms with Crippen molar-refractivity contribution in [2.75, 3.05) is 7.05 Å². The summed E-state index contributed by atoms with van der Waals surface area (Å²) in [5.41, 5.74) is 4.29. The van der Waals surface area contributed by atoms with Crippen molar-refractivity contribution in [2.45, 2.75) is 23.5 Å². The molecule has 2 aromatic carbocycles. The summed E-state index contributed by atoms with van der Waals surface area (Å²) in [6.45, 7) is 0. The van der Waals surface area contributed by atoms with Gasteiger partial charge in [0.15, 0.2) is 0 Å². The van der Waals surface area contributed by atoms with E-state index in [0.29, 0.717) is 11.3 Å². The molecule has 0 fully saturated rings. The van der Waals surface area contributed by atoms with Gasteiger partial charge in [-0.05, 0) is 42.3 Å². The van der Waals surface area contributed by atoms with E-state index >= 15 is 0 Å². The fourth-order valence-corrected chi connectivity index (χ4v) is 4.34. The highest BCUT2D eigenvalue weighted by Crippen LogP contribution is 2.39. The zero-order chi connectivity index (χ0) is 13.9. The molecule has 1 aliphatic rings. The van der Waals surface area contributed by atoms with Crippen LogP contribution in [0.4, 0.5) is 0 Å². The molecule has 0 amide bonds. The van der Waals surface area contributed by atoms with E-state index in [0.717, 1.165) is 17.2 Å². The lowest BCUT2D eigenvalue weighted by atomic mass is 10.1. The molecule has 0 aromatic heterocycles. The lowest BCUT2D eigenvalue weighted by molar-refractivity contribution is 0.603. The first-order valence-electron chi connectivity index (χ1n) is 6.89. The van der Waals surface area contributed by atoms with Gasteiger partial charge in [-0.2, -0.15) is 11.8 Å². The van der Waals surface area contributed by atoms with E-state index in [-0.39, 0.29) is 0 Å². The number of rotatable bonds is 4. The van der Waals surface area contributed by atoms with Crippen molar-refractivity contribution in [1.29, 1.82) is 0 Å². The third kappa shape index (κ3) is 2.88. The summed E-state index contributed by atoms with van der Waals surface area (Å²) in [4.78, 5) is 0. The minimum Gasteiger partial charge on any atom is -0.312 e. The van der Waals surface area contributed by atoms with Gasteiger partial charge in [0.2, 0.25) is 0 Å². The van der Waals surface area contributed by atoms with Gasteiger partial charge in [0.1, 0.15) is 0 Å². The van der Waals surface area contributed by atoms with E-state index in [9.17, 15) is 0 Å². The van der Waals surface area contributed by atoms with Crippen molar-refractivity contribution >= 4 is 23.4 Å². The Hall–Kier alpha value is -0.960. The molecule has 2 unspecified atom stereocenters. The molecule has 3 heteroatoms. The monoisotopic (exact) mass is 303 g/mol. The molecule has 2 aromatic rings. The summed E-state index contributed by atoms with van der Waals surface area (Å²) in [6.07, 6.45) is 1.15. The number of halogens is 1. The minimum absolute atomic E-state index is 0.462. The molecule has 0 radical (unpaired) electrons. The van der Waals surface area contributed by atoms with Crippen LogP contribution in [-0.4, -0.2) is 12.3 Å². The third-order valence-corrected chi connectivity index (χ3v) is 5.49. The lowest BCUT2D eigenvalue weighted by Crippen LogP contribution is -2.23. The Kier molecular flexibility index (Phi) is 4.35. The zero-order valence-electron chi connectivity index (χ0n) is 11.5. The van der Waals surface area contributed by atoms with Crippen LogP contribution in [-0.2, 0) is 12.2 Å². The highest BCUT2D eigenvalue weighted by Gasteiger charge is 2.31. The number of thioether (sulfide) groups is 1. The van der Waals surface area contributed by atoms with Crippen LogP contribution in [0.25, 0.3) is 0 Å². The van der Waals surface area contributed by atoms with E-state index < -0.39 is 0 Å². The number of benzene rings is 2. The quantitative estimate of drug-likeness (QED) is 0.895.